The Hall–Kier alpha value is -4.04. The van der Waals surface area contributed by atoms with Gasteiger partial charge >= 0.3 is 11.9 Å². The van der Waals surface area contributed by atoms with Crippen LogP contribution in [0.4, 0.5) is 0 Å². The lowest BCUT2D eigenvalue weighted by atomic mass is 9.82. The lowest BCUT2D eigenvalue weighted by Crippen LogP contribution is -2.36. The minimum atomic E-state index is -0.390. The molecule has 0 saturated heterocycles. The standard InChI is InChI=1S/C30H33N3O5.ClH/c1-36-26-14-4-21(5-15-26)19-37-28(34)24-10-8-22(9-11-24)23-12-16-27(17-13-23)38-29(35)25-6-2-20(3-7-25)18-33-30(31)32;/h4-5,8-17,20,25H,2-3,6-7,18-19H2,1H3,(H4,31,32,33);1H/t20-,25-;. The molecule has 0 spiro atoms. The zero-order chi connectivity index (χ0) is 26.9. The van der Waals surface area contributed by atoms with E-state index >= 15 is 0 Å². The zero-order valence-electron chi connectivity index (χ0n) is 21.9. The molecular formula is C30H34ClN3O5. The topological polar surface area (TPSA) is 124 Å². The summed E-state index contributed by atoms with van der Waals surface area (Å²) in [7, 11) is 1.61. The van der Waals surface area contributed by atoms with Crippen LogP contribution in [-0.4, -0.2) is 31.6 Å². The van der Waals surface area contributed by atoms with Crippen molar-refractivity contribution in [3.63, 3.8) is 0 Å². The molecular weight excluding hydrogens is 518 g/mol. The van der Waals surface area contributed by atoms with Crippen molar-refractivity contribution in [1.82, 2.24) is 5.32 Å². The first kappa shape index (κ1) is 29.5. The first-order valence-electron chi connectivity index (χ1n) is 12.7. The van der Waals surface area contributed by atoms with Gasteiger partial charge in [0.15, 0.2) is 5.96 Å². The molecule has 4 N–H and O–H groups in total. The molecule has 3 aromatic rings. The summed E-state index contributed by atoms with van der Waals surface area (Å²) >= 11 is 0. The number of carbonyl (C=O) groups is 2. The zero-order valence-corrected chi connectivity index (χ0v) is 22.7. The van der Waals surface area contributed by atoms with Crippen molar-refractivity contribution in [2.45, 2.75) is 32.3 Å². The van der Waals surface area contributed by atoms with Crippen LogP contribution < -0.4 is 20.5 Å². The van der Waals surface area contributed by atoms with Crippen LogP contribution in [0.1, 0.15) is 41.6 Å². The predicted molar refractivity (Wildman–Crippen MR) is 152 cm³/mol. The number of hydrogen-bond acceptors (Lipinski definition) is 6. The van der Waals surface area contributed by atoms with Gasteiger partial charge in [-0.1, -0.05) is 36.4 Å². The maximum absolute atomic E-state index is 12.6. The Labute approximate surface area is 234 Å². The Balaban J connectivity index is 0.00000420. The van der Waals surface area contributed by atoms with E-state index in [1.165, 1.54) is 0 Å². The highest BCUT2D eigenvalue weighted by molar-refractivity contribution is 5.90. The number of nitrogens with one attached hydrogen (secondary N) is 2. The third-order valence-electron chi connectivity index (χ3n) is 6.82. The second-order valence-electron chi connectivity index (χ2n) is 9.46. The summed E-state index contributed by atoms with van der Waals surface area (Å²) in [5.41, 5.74) is 8.59. The van der Waals surface area contributed by atoms with Crippen LogP contribution in [0.25, 0.3) is 11.1 Å². The molecule has 8 nitrogen and oxygen atoms in total. The van der Waals surface area contributed by atoms with Gasteiger partial charge in [-0.15, -0.1) is 12.4 Å². The SMILES string of the molecule is COc1ccc(COC(=O)c2ccc(-c3ccc(OC(=O)[C@H]4CC[C@H](CNC(=N)N)CC4)cc3)cc2)cc1.Cl. The van der Waals surface area contributed by atoms with E-state index in [4.69, 9.17) is 25.4 Å². The molecule has 1 saturated carbocycles. The molecule has 0 bridgehead atoms. The maximum atomic E-state index is 12.6. The Bertz CT molecular complexity index is 1240. The summed E-state index contributed by atoms with van der Waals surface area (Å²) in [6.45, 7) is 0.855. The van der Waals surface area contributed by atoms with Crippen LogP contribution in [0.3, 0.4) is 0 Å². The van der Waals surface area contributed by atoms with Crippen molar-refractivity contribution in [3.8, 4) is 22.6 Å². The maximum Gasteiger partial charge on any atom is 0.338 e. The van der Waals surface area contributed by atoms with Gasteiger partial charge in [0.2, 0.25) is 0 Å². The molecule has 0 radical (unpaired) electrons. The number of ether oxygens (including phenoxy) is 3. The van der Waals surface area contributed by atoms with Gasteiger partial charge in [-0.25, -0.2) is 4.79 Å². The molecule has 3 aromatic carbocycles. The van der Waals surface area contributed by atoms with Crippen LogP contribution >= 0.6 is 12.4 Å². The first-order chi connectivity index (χ1) is 18.4. The molecule has 0 amide bonds. The number of halogens is 1. The van der Waals surface area contributed by atoms with Crippen molar-refractivity contribution < 1.29 is 23.8 Å². The van der Waals surface area contributed by atoms with Crippen molar-refractivity contribution in [1.29, 1.82) is 5.41 Å². The second-order valence-corrected chi connectivity index (χ2v) is 9.46. The first-order valence-corrected chi connectivity index (χ1v) is 12.7. The number of benzene rings is 3. The number of carbonyl (C=O) groups excluding carboxylic acids is 2. The normalized spacial score (nSPS) is 16.3. The number of esters is 2. The summed E-state index contributed by atoms with van der Waals surface area (Å²) in [6, 6.07) is 21.9. The fourth-order valence-electron chi connectivity index (χ4n) is 4.52. The molecule has 4 rings (SSSR count). The number of methoxy groups -OCH3 is 1. The van der Waals surface area contributed by atoms with Crippen molar-refractivity contribution in [3.05, 3.63) is 83.9 Å². The van der Waals surface area contributed by atoms with Crippen molar-refractivity contribution in [2.75, 3.05) is 13.7 Å². The largest absolute Gasteiger partial charge is 0.497 e. The molecule has 0 aromatic heterocycles. The van der Waals surface area contributed by atoms with Crippen molar-refractivity contribution >= 4 is 30.3 Å². The molecule has 0 atom stereocenters. The monoisotopic (exact) mass is 551 g/mol. The molecule has 9 heteroatoms. The molecule has 1 aliphatic carbocycles. The van der Waals surface area contributed by atoms with E-state index in [9.17, 15) is 9.59 Å². The summed E-state index contributed by atoms with van der Waals surface area (Å²) in [5.74, 6) is 0.962. The highest BCUT2D eigenvalue weighted by Gasteiger charge is 2.27. The van der Waals surface area contributed by atoms with E-state index in [1.54, 1.807) is 31.4 Å². The number of hydrogen-bond donors (Lipinski definition) is 3. The smallest absolute Gasteiger partial charge is 0.338 e. The Morgan fingerprint density at radius 2 is 1.44 bits per heavy atom. The summed E-state index contributed by atoms with van der Waals surface area (Å²) in [4.78, 5) is 25.1. The summed E-state index contributed by atoms with van der Waals surface area (Å²) < 4.78 is 16.2. The molecule has 0 unspecified atom stereocenters. The van der Waals surface area contributed by atoms with Gasteiger partial charge in [0.1, 0.15) is 18.1 Å². The Morgan fingerprint density at radius 3 is 2.00 bits per heavy atom. The highest BCUT2D eigenvalue weighted by atomic mass is 35.5. The van der Waals surface area contributed by atoms with Crippen LogP contribution in [0, 0.1) is 17.2 Å². The number of rotatable bonds is 9. The van der Waals surface area contributed by atoms with E-state index in [-0.39, 0.29) is 36.9 Å². The summed E-state index contributed by atoms with van der Waals surface area (Å²) in [5, 5.41) is 10.1. The van der Waals surface area contributed by atoms with Gasteiger partial charge < -0.3 is 25.3 Å². The second kappa shape index (κ2) is 14.2. The lowest BCUT2D eigenvalue weighted by molar-refractivity contribution is -0.140. The van der Waals surface area contributed by atoms with Gasteiger partial charge in [0.25, 0.3) is 0 Å². The van der Waals surface area contributed by atoms with Crippen LogP contribution in [0.5, 0.6) is 11.5 Å². The molecule has 1 fully saturated rings. The van der Waals surface area contributed by atoms with Gasteiger partial charge in [0.05, 0.1) is 18.6 Å². The summed E-state index contributed by atoms with van der Waals surface area (Å²) in [6.07, 6.45) is 3.36. The van der Waals surface area contributed by atoms with Gasteiger partial charge in [-0.3, -0.25) is 10.2 Å². The molecule has 0 heterocycles. The minimum Gasteiger partial charge on any atom is -0.497 e. The Kier molecular flexibility index (Phi) is 10.8. The highest BCUT2D eigenvalue weighted by Crippen LogP contribution is 2.30. The quantitative estimate of drug-likeness (QED) is 0.142. The van der Waals surface area contributed by atoms with Crippen LogP contribution in [-0.2, 0) is 16.1 Å². The van der Waals surface area contributed by atoms with Gasteiger partial charge in [0, 0.05) is 6.54 Å². The number of guanidine groups is 1. The average Bonchev–Trinajstić information content (AvgIpc) is 2.96. The van der Waals surface area contributed by atoms with E-state index in [0.29, 0.717) is 23.8 Å². The lowest BCUT2D eigenvalue weighted by Gasteiger charge is -2.27. The predicted octanol–water partition coefficient (Wildman–Crippen LogP) is 5.34. The van der Waals surface area contributed by atoms with Crippen molar-refractivity contribution in [2.24, 2.45) is 17.6 Å². The third-order valence-corrected chi connectivity index (χ3v) is 6.82. The minimum absolute atomic E-state index is 0. The molecule has 39 heavy (non-hydrogen) atoms. The van der Waals surface area contributed by atoms with Crippen LogP contribution in [0.15, 0.2) is 72.8 Å². The third kappa shape index (κ3) is 8.48. The molecule has 206 valence electrons. The van der Waals surface area contributed by atoms with Crippen LogP contribution in [0.2, 0.25) is 0 Å². The molecule has 1 aliphatic rings. The number of nitrogens with two attached hydrogens (primary N) is 1. The molecule has 0 aliphatic heterocycles. The van der Waals surface area contributed by atoms with E-state index < -0.39 is 5.97 Å². The van der Waals surface area contributed by atoms with Gasteiger partial charge in [-0.05, 0) is 84.7 Å². The van der Waals surface area contributed by atoms with Gasteiger partial charge in [-0.2, -0.15) is 0 Å². The Morgan fingerprint density at radius 1 is 0.872 bits per heavy atom. The average molecular weight is 552 g/mol. The van der Waals surface area contributed by atoms with E-state index in [0.717, 1.165) is 48.1 Å². The fourth-order valence-corrected chi connectivity index (χ4v) is 4.52. The van der Waals surface area contributed by atoms with E-state index in [1.807, 2.05) is 48.5 Å². The van der Waals surface area contributed by atoms with E-state index in [2.05, 4.69) is 5.32 Å². The fraction of sp³-hybridized carbons (Fsp3) is 0.300.